The molecule has 0 aliphatic rings. The summed E-state index contributed by atoms with van der Waals surface area (Å²) in [6.07, 6.45) is 0. The highest BCUT2D eigenvalue weighted by atomic mass is 35.5. The van der Waals surface area contributed by atoms with Gasteiger partial charge in [0.2, 0.25) is 5.91 Å². The van der Waals surface area contributed by atoms with Crippen LogP contribution in [0, 0.1) is 13.8 Å². The van der Waals surface area contributed by atoms with E-state index in [4.69, 9.17) is 16.7 Å². The van der Waals surface area contributed by atoms with Crippen molar-refractivity contribution in [3.05, 3.63) is 79.9 Å². The molecule has 4 rings (SSSR count). The maximum absolute atomic E-state index is 13.4. The van der Waals surface area contributed by atoms with E-state index >= 15 is 0 Å². The second kappa shape index (κ2) is 9.38. The van der Waals surface area contributed by atoms with E-state index in [9.17, 15) is 14.4 Å². The summed E-state index contributed by atoms with van der Waals surface area (Å²) in [6, 6.07) is 13.2. The maximum atomic E-state index is 13.4. The molecule has 33 heavy (non-hydrogen) atoms. The third kappa shape index (κ3) is 4.66. The van der Waals surface area contributed by atoms with Gasteiger partial charge in [-0.15, -0.1) is 11.3 Å². The van der Waals surface area contributed by atoms with Crippen molar-refractivity contribution >= 4 is 62.5 Å². The Morgan fingerprint density at radius 1 is 1.18 bits per heavy atom. The third-order valence-corrected chi connectivity index (χ3v) is 7.38. The molecule has 0 fully saturated rings. The number of para-hydroxylation sites is 1. The van der Waals surface area contributed by atoms with E-state index in [1.165, 1.54) is 34.1 Å². The van der Waals surface area contributed by atoms with Crippen LogP contribution in [-0.4, -0.2) is 32.3 Å². The average Bonchev–Trinajstić information content (AvgIpc) is 3.07. The number of carbonyl (C=O) groups is 2. The molecule has 2 heterocycles. The minimum absolute atomic E-state index is 0.0100. The van der Waals surface area contributed by atoms with E-state index in [0.29, 0.717) is 21.1 Å². The molecule has 0 saturated carbocycles. The zero-order valence-electron chi connectivity index (χ0n) is 17.6. The molecule has 0 aliphatic heterocycles. The molecule has 10 heteroatoms. The first-order valence-electron chi connectivity index (χ1n) is 9.80. The number of hydrogen-bond donors (Lipinski definition) is 2. The molecule has 0 saturated heterocycles. The fourth-order valence-electron chi connectivity index (χ4n) is 3.25. The second-order valence-electron chi connectivity index (χ2n) is 7.17. The number of thiophene rings is 1. The number of rotatable bonds is 6. The van der Waals surface area contributed by atoms with Crippen molar-refractivity contribution in [3.63, 3.8) is 0 Å². The third-order valence-electron chi connectivity index (χ3n) is 5.01. The Morgan fingerprint density at radius 2 is 1.91 bits per heavy atom. The largest absolute Gasteiger partial charge is 0.478 e. The first-order chi connectivity index (χ1) is 15.8. The fraction of sp³-hybridized carbons (Fsp3) is 0.130. The van der Waals surface area contributed by atoms with Crippen molar-refractivity contribution < 1.29 is 14.7 Å². The topological polar surface area (TPSA) is 101 Å². The lowest BCUT2D eigenvalue weighted by Gasteiger charge is -2.13. The Morgan fingerprint density at radius 3 is 2.61 bits per heavy atom. The number of carboxylic acid groups (broad SMARTS) is 1. The van der Waals surface area contributed by atoms with Gasteiger partial charge in [-0.3, -0.25) is 14.2 Å². The summed E-state index contributed by atoms with van der Waals surface area (Å²) in [4.78, 5) is 43.6. The van der Waals surface area contributed by atoms with Crippen LogP contribution in [0.4, 0.5) is 5.69 Å². The second-order valence-corrected chi connectivity index (χ2v) is 9.72. The van der Waals surface area contributed by atoms with Crippen molar-refractivity contribution in [2.45, 2.75) is 19.0 Å². The van der Waals surface area contributed by atoms with Gasteiger partial charge in [-0.2, -0.15) is 0 Å². The van der Waals surface area contributed by atoms with Crippen molar-refractivity contribution in [1.29, 1.82) is 0 Å². The maximum Gasteiger partial charge on any atom is 0.335 e. The molecule has 2 aromatic heterocycles. The predicted octanol–water partition coefficient (Wildman–Crippen LogP) is 5.15. The number of anilines is 1. The van der Waals surface area contributed by atoms with Crippen LogP contribution in [0.25, 0.3) is 15.9 Å². The summed E-state index contributed by atoms with van der Waals surface area (Å²) in [6.45, 7) is 3.85. The summed E-state index contributed by atoms with van der Waals surface area (Å²) in [7, 11) is 0. The average molecular weight is 500 g/mol. The van der Waals surface area contributed by atoms with Crippen LogP contribution in [0.1, 0.15) is 20.8 Å². The molecule has 0 aliphatic carbocycles. The molecule has 2 aromatic carbocycles. The number of carbonyl (C=O) groups excluding carboxylic acids is 1. The van der Waals surface area contributed by atoms with Crippen LogP contribution in [0.3, 0.4) is 0 Å². The smallest absolute Gasteiger partial charge is 0.335 e. The van der Waals surface area contributed by atoms with Crippen molar-refractivity contribution in [3.8, 4) is 5.69 Å². The predicted molar refractivity (Wildman–Crippen MR) is 132 cm³/mol. The van der Waals surface area contributed by atoms with Gasteiger partial charge in [-0.1, -0.05) is 41.6 Å². The van der Waals surface area contributed by atoms with Crippen LogP contribution >= 0.6 is 34.7 Å². The minimum Gasteiger partial charge on any atom is -0.478 e. The standard InChI is InChI=1S/C23H18ClN3O4S2/c1-12-13(2)33-20-19(12)21(29)27(15-6-4-3-5-7-15)23(26-20)32-11-18(28)25-17-10-14(22(30)31)8-9-16(17)24/h3-10H,11H2,1-2H3,(H,25,28)(H,30,31). The van der Waals surface area contributed by atoms with Crippen LogP contribution in [-0.2, 0) is 4.79 Å². The van der Waals surface area contributed by atoms with Gasteiger partial charge in [0.25, 0.3) is 5.56 Å². The molecule has 0 spiro atoms. The molecule has 2 N–H and O–H groups in total. The summed E-state index contributed by atoms with van der Waals surface area (Å²) in [5, 5.41) is 13.0. The summed E-state index contributed by atoms with van der Waals surface area (Å²) in [5.41, 5.74) is 1.58. The molecule has 168 valence electrons. The van der Waals surface area contributed by atoms with E-state index < -0.39 is 11.9 Å². The van der Waals surface area contributed by atoms with Crippen LogP contribution in [0.2, 0.25) is 5.02 Å². The summed E-state index contributed by atoms with van der Waals surface area (Å²) in [5.74, 6) is -1.58. The molecular formula is C23H18ClN3O4S2. The first-order valence-corrected chi connectivity index (χ1v) is 12.0. The first kappa shape index (κ1) is 23.0. The Labute approximate surface area is 202 Å². The van der Waals surface area contributed by atoms with Gasteiger partial charge in [-0.25, -0.2) is 9.78 Å². The van der Waals surface area contributed by atoms with E-state index in [-0.39, 0.29) is 27.6 Å². The number of aromatic nitrogens is 2. The lowest BCUT2D eigenvalue weighted by Crippen LogP contribution is -2.22. The molecule has 0 radical (unpaired) electrons. The van der Waals surface area contributed by atoms with Gasteiger partial charge >= 0.3 is 5.97 Å². The number of benzene rings is 2. The van der Waals surface area contributed by atoms with Crippen LogP contribution in [0.5, 0.6) is 0 Å². The number of thioether (sulfide) groups is 1. The van der Waals surface area contributed by atoms with E-state index in [1.807, 2.05) is 44.2 Å². The lowest BCUT2D eigenvalue weighted by molar-refractivity contribution is -0.113. The highest BCUT2D eigenvalue weighted by Gasteiger charge is 2.19. The van der Waals surface area contributed by atoms with Crippen LogP contribution < -0.4 is 10.9 Å². The molecular weight excluding hydrogens is 482 g/mol. The zero-order valence-corrected chi connectivity index (χ0v) is 20.0. The van der Waals surface area contributed by atoms with E-state index in [1.54, 1.807) is 0 Å². The number of fused-ring (bicyclic) bond motifs is 1. The molecule has 4 aromatic rings. The zero-order chi connectivity index (χ0) is 23.7. The number of hydrogen-bond acceptors (Lipinski definition) is 6. The van der Waals surface area contributed by atoms with Crippen molar-refractivity contribution in [2.24, 2.45) is 0 Å². The molecule has 0 unspecified atom stereocenters. The number of nitrogens with zero attached hydrogens (tertiary/aromatic N) is 2. The number of aromatic carboxylic acids is 1. The monoisotopic (exact) mass is 499 g/mol. The Kier molecular flexibility index (Phi) is 6.55. The van der Waals surface area contributed by atoms with E-state index in [2.05, 4.69) is 10.3 Å². The Hall–Kier alpha value is -3.14. The number of aryl methyl sites for hydroxylation is 2. The highest BCUT2D eigenvalue weighted by Crippen LogP contribution is 2.30. The number of amides is 1. The fourth-order valence-corrected chi connectivity index (χ4v) is 5.30. The van der Waals surface area contributed by atoms with Crippen LogP contribution in [0.15, 0.2) is 58.5 Å². The van der Waals surface area contributed by atoms with Crippen molar-refractivity contribution in [1.82, 2.24) is 9.55 Å². The lowest BCUT2D eigenvalue weighted by atomic mass is 10.2. The number of halogens is 1. The molecule has 1 amide bonds. The minimum atomic E-state index is -1.12. The van der Waals surface area contributed by atoms with Gasteiger partial charge < -0.3 is 10.4 Å². The van der Waals surface area contributed by atoms with Gasteiger partial charge in [-0.05, 0) is 49.7 Å². The highest BCUT2D eigenvalue weighted by molar-refractivity contribution is 7.99. The van der Waals surface area contributed by atoms with Gasteiger partial charge in [0, 0.05) is 4.88 Å². The molecule has 0 bridgehead atoms. The Bertz CT molecular complexity index is 1450. The Balaban J connectivity index is 1.66. The van der Waals surface area contributed by atoms with Gasteiger partial charge in [0.1, 0.15) is 4.83 Å². The van der Waals surface area contributed by atoms with Crippen molar-refractivity contribution in [2.75, 3.05) is 11.1 Å². The molecule has 7 nitrogen and oxygen atoms in total. The number of carboxylic acids is 1. The van der Waals surface area contributed by atoms with Gasteiger partial charge in [0.05, 0.1) is 33.1 Å². The quantitative estimate of drug-likeness (QED) is 0.281. The van der Waals surface area contributed by atoms with Gasteiger partial charge in [0.15, 0.2) is 5.16 Å². The SMILES string of the molecule is Cc1sc2nc(SCC(=O)Nc3cc(C(=O)O)ccc3Cl)n(-c3ccccc3)c(=O)c2c1C. The normalized spacial score (nSPS) is 11.0. The summed E-state index contributed by atoms with van der Waals surface area (Å²) >= 11 is 8.66. The molecule has 0 atom stereocenters. The van der Waals surface area contributed by atoms with E-state index in [0.717, 1.165) is 22.2 Å². The number of nitrogens with one attached hydrogen (secondary N) is 1. The summed E-state index contributed by atoms with van der Waals surface area (Å²) < 4.78 is 1.51.